The lowest BCUT2D eigenvalue weighted by atomic mass is 9.81. The molecule has 0 radical (unpaired) electrons. The number of hydrogen-bond donors (Lipinski definition) is 1. The number of ether oxygens (including phenoxy) is 1. The summed E-state index contributed by atoms with van der Waals surface area (Å²) in [6.07, 6.45) is 6.23. The quantitative estimate of drug-likeness (QED) is 0.399. The molecule has 3 aromatic rings. The van der Waals surface area contributed by atoms with Gasteiger partial charge < -0.3 is 19.6 Å². The van der Waals surface area contributed by atoms with Crippen molar-refractivity contribution in [3.05, 3.63) is 65.9 Å². The molecule has 2 amide bonds. The molecule has 2 saturated carbocycles. The predicted molar refractivity (Wildman–Crippen MR) is 148 cm³/mol. The molecule has 2 aliphatic carbocycles. The van der Waals surface area contributed by atoms with Crippen LogP contribution < -0.4 is 9.64 Å². The Hall–Kier alpha value is -3.72. The maximum Gasteiger partial charge on any atom is 0.303 e. The third kappa shape index (κ3) is 4.80. The minimum atomic E-state index is -0.961. The second-order valence-corrected chi connectivity index (χ2v) is 11.5. The van der Waals surface area contributed by atoms with Gasteiger partial charge in [0.25, 0.3) is 11.1 Å². The molecule has 2 aromatic carbocycles. The summed E-state index contributed by atoms with van der Waals surface area (Å²) in [4.78, 5) is 48.0. The van der Waals surface area contributed by atoms with E-state index in [2.05, 4.69) is 4.98 Å². The van der Waals surface area contributed by atoms with E-state index in [0.29, 0.717) is 10.8 Å². The van der Waals surface area contributed by atoms with E-state index < -0.39 is 5.97 Å². The first-order chi connectivity index (χ1) is 19.0. The number of carbonyl (C=O) groups excluding carboxylic acids is 2. The Morgan fingerprint density at radius 1 is 1.08 bits per heavy atom. The first kappa shape index (κ1) is 25.6. The summed E-state index contributed by atoms with van der Waals surface area (Å²) in [6.45, 7) is 0. The van der Waals surface area contributed by atoms with E-state index in [0.717, 1.165) is 53.8 Å². The standard InChI is InChI=1S/C30H31N3O5S/c1-38-30-31-17-25(39-30)18-6-4-7-19(16-18)29(37)33-23-10-3-2-8-21(23)28(22-9-5-11-24(22)33)32(20-12-13-20)26(34)14-15-27(35)36/h2-4,6-8,10,16-17,20,22,24,28H,5,9,11-15H2,1H3,(H,35,36)/t22-,24+,28-/m0/s1. The largest absolute Gasteiger partial charge is 0.481 e. The van der Waals surface area contributed by atoms with Crippen LogP contribution in [0.3, 0.4) is 0 Å². The molecule has 1 aromatic heterocycles. The molecular weight excluding hydrogens is 514 g/mol. The predicted octanol–water partition coefficient (Wildman–Crippen LogP) is 5.54. The number of rotatable bonds is 8. The van der Waals surface area contributed by atoms with Crippen LogP contribution in [0.1, 0.15) is 66.9 Å². The van der Waals surface area contributed by atoms with Crippen LogP contribution in [-0.4, -0.2) is 52.0 Å². The zero-order chi connectivity index (χ0) is 27.1. The third-order valence-electron chi connectivity index (χ3n) is 8.14. The molecule has 1 N–H and O–H groups in total. The Morgan fingerprint density at radius 2 is 1.90 bits per heavy atom. The van der Waals surface area contributed by atoms with Crippen molar-refractivity contribution in [1.29, 1.82) is 0 Å². The van der Waals surface area contributed by atoms with Crippen LogP contribution in [-0.2, 0) is 9.59 Å². The average molecular weight is 546 g/mol. The summed E-state index contributed by atoms with van der Waals surface area (Å²) >= 11 is 1.43. The first-order valence-corrected chi connectivity index (χ1v) is 14.3. The number of para-hydroxylation sites is 1. The number of benzene rings is 2. The molecule has 0 unspecified atom stereocenters. The van der Waals surface area contributed by atoms with Gasteiger partial charge in [-0.3, -0.25) is 14.4 Å². The Bertz CT molecular complexity index is 1420. The molecule has 6 rings (SSSR count). The summed E-state index contributed by atoms with van der Waals surface area (Å²) in [5.74, 6) is -1.01. The lowest BCUT2D eigenvalue weighted by Crippen LogP contribution is -2.52. The number of fused-ring (bicyclic) bond motifs is 2. The highest BCUT2D eigenvalue weighted by atomic mass is 32.1. The van der Waals surface area contributed by atoms with Crippen LogP contribution in [0.5, 0.6) is 5.19 Å². The van der Waals surface area contributed by atoms with Crippen molar-refractivity contribution in [3.63, 3.8) is 0 Å². The van der Waals surface area contributed by atoms with E-state index in [1.54, 1.807) is 13.3 Å². The number of aromatic nitrogens is 1. The number of nitrogens with zero attached hydrogens (tertiary/aromatic N) is 3. The second-order valence-electron chi connectivity index (χ2n) is 10.5. The van der Waals surface area contributed by atoms with Gasteiger partial charge in [-0.25, -0.2) is 4.98 Å². The van der Waals surface area contributed by atoms with Gasteiger partial charge in [0.05, 0.1) is 24.4 Å². The van der Waals surface area contributed by atoms with Gasteiger partial charge in [-0.2, -0.15) is 0 Å². The van der Waals surface area contributed by atoms with Gasteiger partial charge in [0.2, 0.25) is 5.91 Å². The van der Waals surface area contributed by atoms with Crippen molar-refractivity contribution < 1.29 is 24.2 Å². The van der Waals surface area contributed by atoms with Crippen LogP contribution in [0, 0.1) is 5.92 Å². The number of carboxylic acids is 1. The molecule has 0 bridgehead atoms. The summed E-state index contributed by atoms with van der Waals surface area (Å²) in [7, 11) is 1.59. The van der Waals surface area contributed by atoms with Crippen LogP contribution in [0.2, 0.25) is 0 Å². The number of anilines is 1. The molecule has 39 heavy (non-hydrogen) atoms. The van der Waals surface area contributed by atoms with Gasteiger partial charge in [0, 0.05) is 41.9 Å². The molecule has 0 saturated heterocycles. The second kappa shape index (κ2) is 10.4. The van der Waals surface area contributed by atoms with E-state index in [9.17, 15) is 19.5 Å². The van der Waals surface area contributed by atoms with Crippen molar-refractivity contribution in [1.82, 2.24) is 9.88 Å². The van der Waals surface area contributed by atoms with Gasteiger partial charge in [0.1, 0.15) is 0 Å². The molecule has 8 nitrogen and oxygen atoms in total. The number of thiazole rings is 1. The van der Waals surface area contributed by atoms with Gasteiger partial charge in [0.15, 0.2) is 0 Å². The number of amides is 2. The van der Waals surface area contributed by atoms with Crippen molar-refractivity contribution in [2.45, 2.75) is 63.1 Å². The lowest BCUT2D eigenvalue weighted by molar-refractivity contribution is -0.142. The van der Waals surface area contributed by atoms with Crippen LogP contribution >= 0.6 is 11.3 Å². The minimum absolute atomic E-state index is 0.000311. The van der Waals surface area contributed by atoms with Crippen molar-refractivity contribution >= 4 is 34.8 Å². The zero-order valence-corrected chi connectivity index (χ0v) is 22.6. The van der Waals surface area contributed by atoms with E-state index in [1.165, 1.54) is 11.3 Å². The van der Waals surface area contributed by atoms with Gasteiger partial charge >= 0.3 is 5.97 Å². The molecule has 9 heteroatoms. The van der Waals surface area contributed by atoms with Crippen molar-refractivity contribution in [2.24, 2.45) is 5.92 Å². The highest BCUT2D eigenvalue weighted by molar-refractivity contribution is 7.16. The molecule has 3 aliphatic rings. The lowest BCUT2D eigenvalue weighted by Gasteiger charge is -2.48. The maximum atomic E-state index is 14.2. The summed E-state index contributed by atoms with van der Waals surface area (Å²) < 4.78 is 5.25. The van der Waals surface area contributed by atoms with Gasteiger partial charge in [-0.1, -0.05) is 48.1 Å². The average Bonchev–Trinajstić information content (AvgIpc) is 3.45. The monoisotopic (exact) mass is 545 g/mol. The number of hydrogen-bond acceptors (Lipinski definition) is 6. The number of carbonyl (C=O) groups is 3. The topological polar surface area (TPSA) is 100 Å². The zero-order valence-electron chi connectivity index (χ0n) is 21.8. The molecule has 2 fully saturated rings. The first-order valence-electron chi connectivity index (χ1n) is 13.5. The van der Waals surface area contributed by atoms with Gasteiger partial charge in [-0.15, -0.1) is 0 Å². The van der Waals surface area contributed by atoms with E-state index >= 15 is 0 Å². The summed E-state index contributed by atoms with van der Waals surface area (Å²) in [5, 5.41) is 9.78. The summed E-state index contributed by atoms with van der Waals surface area (Å²) in [5.41, 5.74) is 3.34. The SMILES string of the molecule is COc1ncc(-c2cccc(C(=O)N3c4ccccc4[C@H](N(C(=O)CCC(=O)O)C4CC4)[C@H]4CCC[C@H]43)c2)s1. The van der Waals surface area contributed by atoms with E-state index in [-0.39, 0.29) is 48.7 Å². The smallest absolute Gasteiger partial charge is 0.303 e. The Balaban J connectivity index is 1.37. The van der Waals surface area contributed by atoms with Gasteiger partial charge in [-0.05, 0) is 55.0 Å². The third-order valence-corrected chi connectivity index (χ3v) is 9.14. The summed E-state index contributed by atoms with van der Waals surface area (Å²) in [6, 6.07) is 15.5. The fourth-order valence-corrected chi connectivity index (χ4v) is 7.08. The fourth-order valence-electron chi connectivity index (χ4n) is 6.35. The number of aliphatic carboxylic acids is 1. The highest BCUT2D eigenvalue weighted by Gasteiger charge is 2.51. The van der Waals surface area contributed by atoms with Crippen LogP contribution in [0.15, 0.2) is 54.7 Å². The molecular formula is C30H31N3O5S. The number of carboxylic acid groups (broad SMARTS) is 1. The number of methoxy groups -OCH3 is 1. The normalized spacial score (nSPS) is 21.7. The molecule has 1 aliphatic heterocycles. The molecule has 0 spiro atoms. The molecule has 3 atom stereocenters. The Kier molecular flexibility index (Phi) is 6.85. The Morgan fingerprint density at radius 3 is 2.64 bits per heavy atom. The fraction of sp³-hybridized carbons (Fsp3) is 0.400. The van der Waals surface area contributed by atoms with Crippen LogP contribution in [0.25, 0.3) is 10.4 Å². The minimum Gasteiger partial charge on any atom is -0.481 e. The van der Waals surface area contributed by atoms with E-state index in [4.69, 9.17) is 4.74 Å². The molecule has 202 valence electrons. The van der Waals surface area contributed by atoms with Crippen molar-refractivity contribution in [3.8, 4) is 15.6 Å². The van der Waals surface area contributed by atoms with Crippen LogP contribution in [0.4, 0.5) is 5.69 Å². The Labute approximate surface area is 231 Å². The molecule has 2 heterocycles. The van der Waals surface area contributed by atoms with E-state index in [1.807, 2.05) is 58.3 Å². The maximum absolute atomic E-state index is 14.2. The highest BCUT2D eigenvalue weighted by Crippen LogP contribution is 2.53. The van der Waals surface area contributed by atoms with Crippen molar-refractivity contribution in [2.75, 3.05) is 12.0 Å².